The molecule has 0 aromatic heterocycles. The molecular weight excluding hydrogens is 395 g/mol. The molecule has 0 aliphatic carbocycles. The molecule has 2 aromatic rings. The molecule has 1 heterocycles. The van der Waals surface area contributed by atoms with Gasteiger partial charge in [-0.15, -0.1) is 0 Å². The van der Waals surface area contributed by atoms with Gasteiger partial charge in [0.15, 0.2) is 0 Å². The van der Waals surface area contributed by atoms with E-state index in [2.05, 4.69) is 5.32 Å². The Kier molecular flexibility index (Phi) is 5.58. The third-order valence-electron chi connectivity index (χ3n) is 4.76. The van der Waals surface area contributed by atoms with Gasteiger partial charge < -0.3 is 10.1 Å². The maximum absolute atomic E-state index is 13.2. The largest absolute Gasteiger partial charge is 0.487 e. The second kappa shape index (κ2) is 7.67. The van der Waals surface area contributed by atoms with Crippen LogP contribution >= 0.6 is 0 Å². The van der Waals surface area contributed by atoms with Crippen LogP contribution in [0.25, 0.3) is 0 Å². The molecule has 0 radical (unpaired) electrons. The first-order valence-corrected chi connectivity index (χ1v) is 11.1. The normalized spacial score (nSPS) is 17.8. The molecule has 0 saturated carbocycles. The minimum absolute atomic E-state index is 0.229. The molecule has 0 spiro atoms. The second-order valence-corrected chi connectivity index (χ2v) is 9.88. The fraction of sp³-hybridized carbons (Fsp3) is 0.381. The number of rotatable bonds is 5. The highest BCUT2D eigenvalue weighted by Crippen LogP contribution is 2.39. The van der Waals surface area contributed by atoms with Crippen LogP contribution in [-0.2, 0) is 14.8 Å². The summed E-state index contributed by atoms with van der Waals surface area (Å²) >= 11 is 0. The van der Waals surface area contributed by atoms with Crippen molar-refractivity contribution in [2.24, 2.45) is 0 Å². The van der Waals surface area contributed by atoms with Crippen molar-refractivity contribution in [3.8, 4) is 5.75 Å². The first-order chi connectivity index (χ1) is 13.4. The predicted molar refractivity (Wildman–Crippen MR) is 110 cm³/mol. The van der Waals surface area contributed by atoms with Crippen LogP contribution in [0.15, 0.2) is 42.5 Å². The average molecular weight is 421 g/mol. The Balaban J connectivity index is 1.83. The SMILES string of the molecule is Cc1ccc2c(c1)[C@@H](NC(=O)CN(c1ccc(F)cc1)S(C)(=O)=O)CC(C)(C)O2. The molecule has 8 heteroatoms. The Hall–Kier alpha value is -2.61. The Morgan fingerprint density at radius 1 is 1.24 bits per heavy atom. The molecule has 1 aliphatic rings. The number of carbonyl (C=O) groups is 1. The number of nitrogens with one attached hydrogen (secondary N) is 1. The Bertz CT molecular complexity index is 1020. The Morgan fingerprint density at radius 3 is 2.52 bits per heavy atom. The predicted octanol–water partition coefficient (Wildman–Crippen LogP) is 3.32. The third-order valence-corrected chi connectivity index (χ3v) is 5.90. The van der Waals surface area contributed by atoms with Gasteiger partial charge in [-0.3, -0.25) is 9.10 Å². The highest BCUT2D eigenvalue weighted by molar-refractivity contribution is 7.92. The molecule has 1 N–H and O–H groups in total. The first kappa shape index (κ1) is 21.1. The van der Waals surface area contributed by atoms with E-state index < -0.39 is 33.9 Å². The van der Waals surface area contributed by atoms with Gasteiger partial charge in [-0.25, -0.2) is 12.8 Å². The van der Waals surface area contributed by atoms with Gasteiger partial charge in [-0.05, 0) is 51.1 Å². The van der Waals surface area contributed by atoms with Crippen molar-refractivity contribution in [2.75, 3.05) is 17.1 Å². The molecule has 2 aromatic carbocycles. The first-order valence-electron chi connectivity index (χ1n) is 9.27. The van der Waals surface area contributed by atoms with Crippen LogP contribution in [0.2, 0.25) is 0 Å². The lowest BCUT2D eigenvalue weighted by atomic mass is 9.89. The molecule has 29 heavy (non-hydrogen) atoms. The lowest BCUT2D eigenvalue weighted by Gasteiger charge is -2.38. The number of halogens is 1. The number of ether oxygens (including phenoxy) is 1. The quantitative estimate of drug-likeness (QED) is 0.805. The van der Waals surface area contributed by atoms with E-state index in [1.54, 1.807) is 0 Å². The van der Waals surface area contributed by atoms with Crippen molar-refractivity contribution in [1.82, 2.24) is 5.32 Å². The summed E-state index contributed by atoms with van der Waals surface area (Å²) in [6.45, 7) is 5.44. The molecule has 0 fully saturated rings. The fourth-order valence-corrected chi connectivity index (χ4v) is 4.34. The van der Waals surface area contributed by atoms with Gasteiger partial charge in [0.25, 0.3) is 0 Å². The molecule has 0 unspecified atom stereocenters. The van der Waals surface area contributed by atoms with Crippen LogP contribution < -0.4 is 14.4 Å². The topological polar surface area (TPSA) is 75.7 Å². The molecule has 1 aliphatic heterocycles. The molecule has 0 bridgehead atoms. The van der Waals surface area contributed by atoms with Crippen molar-refractivity contribution < 1.29 is 22.3 Å². The summed E-state index contributed by atoms with van der Waals surface area (Å²) in [5.41, 5.74) is 1.65. The maximum atomic E-state index is 13.2. The number of fused-ring (bicyclic) bond motifs is 1. The number of sulfonamides is 1. The van der Waals surface area contributed by atoms with Gasteiger partial charge in [-0.2, -0.15) is 0 Å². The van der Waals surface area contributed by atoms with E-state index in [4.69, 9.17) is 4.74 Å². The zero-order valence-electron chi connectivity index (χ0n) is 16.9. The van der Waals surface area contributed by atoms with E-state index in [1.807, 2.05) is 39.0 Å². The van der Waals surface area contributed by atoms with Crippen molar-refractivity contribution in [3.63, 3.8) is 0 Å². The minimum atomic E-state index is -3.73. The molecule has 156 valence electrons. The summed E-state index contributed by atoms with van der Waals surface area (Å²) in [6.07, 6.45) is 1.56. The van der Waals surface area contributed by atoms with E-state index in [-0.39, 0.29) is 11.7 Å². The van der Waals surface area contributed by atoms with E-state index in [0.717, 1.165) is 33.8 Å². The zero-order chi connectivity index (χ0) is 21.4. The number of aryl methyl sites for hydroxylation is 1. The molecule has 6 nitrogen and oxygen atoms in total. The highest BCUT2D eigenvalue weighted by atomic mass is 32.2. The summed E-state index contributed by atoms with van der Waals surface area (Å²) in [7, 11) is -3.73. The van der Waals surface area contributed by atoms with Gasteiger partial charge in [0.2, 0.25) is 15.9 Å². The number of anilines is 1. The number of benzene rings is 2. The van der Waals surface area contributed by atoms with Gasteiger partial charge in [0.1, 0.15) is 23.7 Å². The molecule has 1 atom stereocenters. The van der Waals surface area contributed by atoms with Crippen LogP contribution in [0.4, 0.5) is 10.1 Å². The van der Waals surface area contributed by atoms with E-state index >= 15 is 0 Å². The summed E-state index contributed by atoms with van der Waals surface area (Å²) in [5, 5.41) is 2.94. The van der Waals surface area contributed by atoms with Gasteiger partial charge >= 0.3 is 0 Å². The molecule has 3 rings (SSSR count). The monoisotopic (exact) mass is 420 g/mol. The molecular formula is C21H25FN2O4S. The Labute approximate surface area is 170 Å². The van der Waals surface area contributed by atoms with Crippen LogP contribution in [0.1, 0.15) is 37.4 Å². The van der Waals surface area contributed by atoms with Gasteiger partial charge in [0.05, 0.1) is 18.0 Å². The van der Waals surface area contributed by atoms with Gasteiger partial charge in [-0.1, -0.05) is 17.7 Å². The summed E-state index contributed by atoms with van der Waals surface area (Å²) < 4.78 is 44.6. The molecule has 0 saturated heterocycles. The van der Waals surface area contributed by atoms with Crippen LogP contribution in [0.5, 0.6) is 5.75 Å². The standard InChI is InChI=1S/C21H25FN2O4S/c1-14-5-10-19-17(11-14)18(12-21(2,3)28-19)23-20(25)13-24(29(4,26)27)16-8-6-15(22)7-9-16/h5-11,18H,12-13H2,1-4H3,(H,23,25)/t18-/m0/s1. The summed E-state index contributed by atoms with van der Waals surface area (Å²) in [5.74, 6) is -0.228. The lowest BCUT2D eigenvalue weighted by molar-refractivity contribution is -0.120. The number of hydrogen-bond donors (Lipinski definition) is 1. The smallest absolute Gasteiger partial charge is 0.241 e. The fourth-order valence-electron chi connectivity index (χ4n) is 3.48. The van der Waals surface area contributed by atoms with Crippen LogP contribution in [-0.4, -0.2) is 32.7 Å². The van der Waals surface area contributed by atoms with Crippen LogP contribution in [0.3, 0.4) is 0 Å². The van der Waals surface area contributed by atoms with Crippen molar-refractivity contribution >= 4 is 21.6 Å². The third kappa shape index (κ3) is 5.06. The van der Waals surface area contributed by atoms with Crippen molar-refractivity contribution in [2.45, 2.75) is 38.8 Å². The lowest BCUT2D eigenvalue weighted by Crippen LogP contribution is -2.45. The van der Waals surface area contributed by atoms with E-state index in [1.165, 1.54) is 12.1 Å². The number of amides is 1. The molecule has 1 amide bonds. The van der Waals surface area contributed by atoms with E-state index in [0.29, 0.717) is 12.2 Å². The number of nitrogens with zero attached hydrogens (tertiary/aromatic N) is 1. The maximum Gasteiger partial charge on any atom is 0.241 e. The number of carbonyl (C=O) groups excluding carboxylic acids is 1. The average Bonchev–Trinajstić information content (AvgIpc) is 2.60. The number of hydrogen-bond acceptors (Lipinski definition) is 4. The van der Waals surface area contributed by atoms with Crippen LogP contribution in [0, 0.1) is 12.7 Å². The Morgan fingerprint density at radius 2 is 1.90 bits per heavy atom. The van der Waals surface area contributed by atoms with E-state index in [9.17, 15) is 17.6 Å². The van der Waals surface area contributed by atoms with Crippen molar-refractivity contribution in [3.05, 3.63) is 59.4 Å². The second-order valence-electron chi connectivity index (χ2n) is 7.97. The highest BCUT2D eigenvalue weighted by Gasteiger charge is 2.35. The zero-order valence-corrected chi connectivity index (χ0v) is 17.7. The van der Waals surface area contributed by atoms with Crippen molar-refractivity contribution in [1.29, 1.82) is 0 Å². The summed E-state index contributed by atoms with van der Waals surface area (Å²) in [4.78, 5) is 12.8. The van der Waals surface area contributed by atoms with Gasteiger partial charge in [0, 0.05) is 12.0 Å². The summed E-state index contributed by atoms with van der Waals surface area (Å²) in [6, 6.07) is 10.5. The minimum Gasteiger partial charge on any atom is -0.487 e.